The summed E-state index contributed by atoms with van der Waals surface area (Å²) >= 11 is 1.44. The highest BCUT2D eigenvalue weighted by Gasteiger charge is 2.19. The summed E-state index contributed by atoms with van der Waals surface area (Å²) in [6.07, 6.45) is 1.66. The normalized spacial score (nSPS) is 11.7. The molecule has 0 amide bonds. The predicted molar refractivity (Wildman–Crippen MR) is 84.7 cm³/mol. The van der Waals surface area contributed by atoms with Crippen molar-refractivity contribution in [2.45, 2.75) is 31.8 Å². The van der Waals surface area contributed by atoms with Gasteiger partial charge in [0.15, 0.2) is 0 Å². The van der Waals surface area contributed by atoms with Crippen LogP contribution in [0.5, 0.6) is 0 Å². The van der Waals surface area contributed by atoms with Crippen LogP contribution in [-0.4, -0.2) is 19.9 Å². The number of aromatic nitrogens is 1. The van der Waals surface area contributed by atoms with Crippen LogP contribution >= 0.6 is 11.3 Å². The number of hydrogen-bond acceptors (Lipinski definition) is 5. The van der Waals surface area contributed by atoms with Gasteiger partial charge in [-0.15, -0.1) is 11.3 Å². The van der Waals surface area contributed by atoms with Gasteiger partial charge in [-0.25, -0.2) is 13.1 Å². The molecule has 2 heterocycles. The van der Waals surface area contributed by atoms with Crippen LogP contribution in [0.1, 0.15) is 23.1 Å². The number of nitrogens with zero attached hydrogens (tertiary/aromatic N) is 1. The maximum absolute atomic E-state index is 12.4. The summed E-state index contributed by atoms with van der Waals surface area (Å²) < 4.78 is 27.4. The van der Waals surface area contributed by atoms with Crippen LogP contribution in [0.15, 0.2) is 34.7 Å². The number of sulfonamides is 1. The maximum Gasteiger partial charge on any atom is 0.242 e. The molecule has 0 aliphatic heterocycles. The average molecular weight is 325 g/mol. The fourth-order valence-electron chi connectivity index (χ4n) is 1.88. The lowest BCUT2D eigenvalue weighted by atomic mass is 10.2. The molecule has 0 aliphatic rings. The highest BCUT2D eigenvalue weighted by atomic mass is 32.2. The second-order valence-electron chi connectivity index (χ2n) is 4.58. The molecular weight excluding hydrogens is 306 g/mol. The molecule has 0 atom stereocenters. The van der Waals surface area contributed by atoms with Crippen molar-refractivity contribution in [1.29, 1.82) is 0 Å². The van der Waals surface area contributed by atoms with Crippen molar-refractivity contribution in [1.82, 2.24) is 15.0 Å². The lowest BCUT2D eigenvalue weighted by Gasteiger charge is -2.09. The van der Waals surface area contributed by atoms with E-state index in [2.05, 4.69) is 15.0 Å². The first kappa shape index (κ1) is 16.1. The van der Waals surface area contributed by atoms with E-state index in [1.54, 1.807) is 17.6 Å². The molecule has 2 N–H and O–H groups in total. The zero-order chi connectivity index (χ0) is 15.3. The molecule has 7 heteroatoms. The summed E-state index contributed by atoms with van der Waals surface area (Å²) in [5, 5.41) is 4.95. The molecule has 114 valence electrons. The van der Waals surface area contributed by atoms with Crippen LogP contribution in [0.25, 0.3) is 0 Å². The molecule has 0 aliphatic carbocycles. The first-order valence-electron chi connectivity index (χ1n) is 6.72. The summed E-state index contributed by atoms with van der Waals surface area (Å²) in [4.78, 5) is 5.37. The van der Waals surface area contributed by atoms with Crippen LogP contribution in [0.2, 0.25) is 0 Å². The van der Waals surface area contributed by atoms with E-state index in [4.69, 9.17) is 0 Å². The van der Waals surface area contributed by atoms with Gasteiger partial charge in [0.05, 0.1) is 17.1 Å². The molecule has 0 aromatic carbocycles. The Morgan fingerprint density at radius 1 is 1.29 bits per heavy atom. The van der Waals surface area contributed by atoms with Crippen molar-refractivity contribution >= 4 is 21.4 Å². The average Bonchev–Trinajstić information content (AvgIpc) is 2.93. The summed E-state index contributed by atoms with van der Waals surface area (Å²) in [6.45, 7) is 5.47. The number of pyridine rings is 1. The van der Waals surface area contributed by atoms with E-state index in [9.17, 15) is 8.42 Å². The second-order valence-corrected chi connectivity index (χ2v) is 7.32. The van der Waals surface area contributed by atoms with Gasteiger partial charge in [-0.1, -0.05) is 13.0 Å². The SMILES string of the molecule is CCNCc1sccc1S(=O)(=O)NCc1ncccc1C. The molecule has 2 rings (SSSR count). The van der Waals surface area contributed by atoms with Crippen LogP contribution in [0.3, 0.4) is 0 Å². The van der Waals surface area contributed by atoms with Gasteiger partial charge in [0.2, 0.25) is 10.0 Å². The minimum absolute atomic E-state index is 0.200. The van der Waals surface area contributed by atoms with Crippen LogP contribution < -0.4 is 10.0 Å². The van der Waals surface area contributed by atoms with Gasteiger partial charge < -0.3 is 5.32 Å². The minimum atomic E-state index is -3.51. The van der Waals surface area contributed by atoms with Gasteiger partial charge in [0, 0.05) is 17.6 Å². The first-order chi connectivity index (χ1) is 10.0. The topological polar surface area (TPSA) is 71.1 Å². The molecule has 0 spiro atoms. The highest BCUT2D eigenvalue weighted by molar-refractivity contribution is 7.89. The van der Waals surface area contributed by atoms with Gasteiger partial charge in [0.25, 0.3) is 0 Å². The lowest BCUT2D eigenvalue weighted by molar-refractivity contribution is 0.578. The molecule has 0 radical (unpaired) electrons. The molecule has 2 aromatic heterocycles. The molecule has 0 unspecified atom stereocenters. The summed E-state index contributed by atoms with van der Waals surface area (Å²) in [7, 11) is -3.51. The second kappa shape index (κ2) is 7.13. The van der Waals surface area contributed by atoms with Crippen LogP contribution in [0.4, 0.5) is 0 Å². The number of aryl methyl sites for hydroxylation is 1. The van der Waals surface area contributed by atoms with Crippen molar-refractivity contribution in [3.63, 3.8) is 0 Å². The van der Waals surface area contributed by atoms with E-state index in [1.807, 2.05) is 26.0 Å². The molecule has 0 saturated carbocycles. The zero-order valence-corrected chi connectivity index (χ0v) is 13.7. The maximum atomic E-state index is 12.4. The van der Waals surface area contributed by atoms with E-state index in [-0.39, 0.29) is 6.54 Å². The van der Waals surface area contributed by atoms with E-state index in [0.717, 1.165) is 22.7 Å². The van der Waals surface area contributed by atoms with Crippen molar-refractivity contribution in [2.24, 2.45) is 0 Å². The summed E-state index contributed by atoms with van der Waals surface area (Å²) in [6, 6.07) is 5.39. The van der Waals surface area contributed by atoms with Gasteiger partial charge in [-0.05, 0) is 36.5 Å². The fourth-order valence-corrected chi connectivity index (χ4v) is 4.28. The third kappa shape index (κ3) is 4.10. The molecule has 0 fully saturated rings. The third-order valence-corrected chi connectivity index (χ3v) is 5.61. The van der Waals surface area contributed by atoms with Crippen molar-refractivity contribution < 1.29 is 8.42 Å². The fraction of sp³-hybridized carbons (Fsp3) is 0.357. The first-order valence-corrected chi connectivity index (χ1v) is 9.08. The number of nitrogens with one attached hydrogen (secondary N) is 2. The number of thiophene rings is 1. The van der Waals surface area contributed by atoms with E-state index >= 15 is 0 Å². The predicted octanol–water partition coefficient (Wildman–Crippen LogP) is 2.04. The molecule has 0 saturated heterocycles. The van der Waals surface area contributed by atoms with Crippen LogP contribution in [-0.2, 0) is 23.1 Å². The Kier molecular flexibility index (Phi) is 5.46. The van der Waals surface area contributed by atoms with Crippen molar-refractivity contribution in [3.8, 4) is 0 Å². The Hall–Kier alpha value is -1.28. The van der Waals surface area contributed by atoms with Crippen molar-refractivity contribution in [3.05, 3.63) is 45.9 Å². The number of rotatable bonds is 7. The Bertz CT molecular complexity index is 696. The lowest BCUT2D eigenvalue weighted by Crippen LogP contribution is -2.25. The Morgan fingerprint density at radius 3 is 2.81 bits per heavy atom. The highest BCUT2D eigenvalue weighted by Crippen LogP contribution is 2.22. The van der Waals surface area contributed by atoms with Gasteiger partial charge in [0.1, 0.15) is 0 Å². The standard InChI is InChI=1S/C14H19N3O2S2/c1-3-15-10-13-14(6-8-20-13)21(18,19)17-9-12-11(2)5-4-7-16-12/h4-8,15,17H,3,9-10H2,1-2H3. The molecular formula is C14H19N3O2S2. The van der Waals surface area contributed by atoms with Crippen LogP contribution in [0, 0.1) is 6.92 Å². The molecule has 0 bridgehead atoms. The van der Waals surface area contributed by atoms with E-state index in [0.29, 0.717) is 11.4 Å². The summed E-state index contributed by atoms with van der Waals surface area (Å²) in [5.74, 6) is 0. The quantitative estimate of drug-likeness (QED) is 0.817. The molecule has 2 aromatic rings. The Balaban J connectivity index is 2.12. The number of hydrogen-bond donors (Lipinski definition) is 2. The molecule has 5 nitrogen and oxygen atoms in total. The van der Waals surface area contributed by atoms with Gasteiger partial charge >= 0.3 is 0 Å². The minimum Gasteiger partial charge on any atom is -0.312 e. The van der Waals surface area contributed by atoms with E-state index < -0.39 is 10.0 Å². The molecule has 21 heavy (non-hydrogen) atoms. The van der Waals surface area contributed by atoms with Gasteiger partial charge in [-0.3, -0.25) is 4.98 Å². The monoisotopic (exact) mass is 325 g/mol. The smallest absolute Gasteiger partial charge is 0.242 e. The van der Waals surface area contributed by atoms with Crippen molar-refractivity contribution in [2.75, 3.05) is 6.54 Å². The van der Waals surface area contributed by atoms with Gasteiger partial charge in [-0.2, -0.15) is 0 Å². The third-order valence-electron chi connectivity index (χ3n) is 3.08. The largest absolute Gasteiger partial charge is 0.312 e. The zero-order valence-electron chi connectivity index (χ0n) is 12.1. The Morgan fingerprint density at radius 2 is 2.10 bits per heavy atom. The van der Waals surface area contributed by atoms with E-state index in [1.165, 1.54) is 11.3 Å². The summed E-state index contributed by atoms with van der Waals surface area (Å²) in [5.41, 5.74) is 1.71. The Labute approximate surface area is 129 Å².